The fourth-order valence-corrected chi connectivity index (χ4v) is 4.91. The molecule has 0 aromatic heterocycles. The summed E-state index contributed by atoms with van der Waals surface area (Å²) in [5.74, 6) is 0.495. The van der Waals surface area contributed by atoms with Crippen molar-refractivity contribution >= 4 is 21.9 Å². The number of nitrogens with one attached hydrogen (secondary N) is 2. The minimum atomic E-state index is -3.14. The molecule has 1 atom stereocenters. The number of hydrogen-bond acceptors (Lipinski definition) is 4. The summed E-state index contributed by atoms with van der Waals surface area (Å²) in [5, 5.41) is 11.5. The van der Waals surface area contributed by atoms with E-state index in [4.69, 9.17) is 5.41 Å². The van der Waals surface area contributed by atoms with Crippen molar-refractivity contribution in [1.29, 1.82) is 5.41 Å². The standard InChI is InChI=1S/C18H34N4O3S/c1-4-6-10-18(11-7-5-2)16(23)22(17(19)20-18)13-9-15-8-12-21(14-15)26(3,24)25/h15H,4-14H2,1-3H3,(H2,19,20). The quantitative estimate of drug-likeness (QED) is 0.601. The predicted octanol–water partition coefficient (Wildman–Crippen LogP) is 2.14. The minimum Gasteiger partial charge on any atom is -0.342 e. The fourth-order valence-electron chi connectivity index (χ4n) is 3.99. The van der Waals surface area contributed by atoms with Crippen LogP contribution in [-0.4, -0.2) is 60.9 Å². The Hall–Kier alpha value is -1.15. The zero-order valence-corrected chi connectivity index (χ0v) is 17.2. The van der Waals surface area contributed by atoms with Gasteiger partial charge in [-0.1, -0.05) is 39.5 Å². The topological polar surface area (TPSA) is 93.6 Å². The molecule has 0 radical (unpaired) electrons. The SMILES string of the molecule is CCCCC1(CCCC)NC(=N)N(CCC2CCN(S(C)(=O)=O)C2)C1=O. The van der Waals surface area contributed by atoms with Crippen LogP contribution in [0.3, 0.4) is 0 Å². The highest BCUT2D eigenvalue weighted by atomic mass is 32.2. The lowest BCUT2D eigenvalue weighted by atomic mass is 9.87. The Bertz CT molecular complexity index is 612. The maximum Gasteiger partial charge on any atom is 0.255 e. The van der Waals surface area contributed by atoms with E-state index in [-0.39, 0.29) is 17.8 Å². The number of carbonyl (C=O) groups excluding carboxylic acids is 1. The van der Waals surface area contributed by atoms with Gasteiger partial charge < -0.3 is 5.32 Å². The summed E-state index contributed by atoms with van der Waals surface area (Å²) in [6.45, 7) is 5.81. The Kier molecular flexibility index (Phi) is 7.07. The third-order valence-corrected chi connectivity index (χ3v) is 6.94. The molecule has 2 fully saturated rings. The van der Waals surface area contributed by atoms with Gasteiger partial charge in [0, 0.05) is 19.6 Å². The van der Waals surface area contributed by atoms with Crippen LogP contribution < -0.4 is 5.32 Å². The van der Waals surface area contributed by atoms with Crippen molar-refractivity contribution in [2.45, 2.75) is 70.8 Å². The van der Waals surface area contributed by atoms with Gasteiger partial charge in [-0.25, -0.2) is 12.7 Å². The van der Waals surface area contributed by atoms with Crippen molar-refractivity contribution < 1.29 is 13.2 Å². The zero-order valence-electron chi connectivity index (χ0n) is 16.4. The molecule has 1 unspecified atom stereocenters. The second kappa shape index (κ2) is 8.69. The summed E-state index contributed by atoms with van der Waals surface area (Å²) in [5.41, 5.74) is -0.614. The second-order valence-electron chi connectivity index (χ2n) is 7.78. The zero-order chi connectivity index (χ0) is 19.4. The Morgan fingerprint density at radius 3 is 2.35 bits per heavy atom. The minimum absolute atomic E-state index is 0.0300. The Morgan fingerprint density at radius 2 is 1.85 bits per heavy atom. The molecule has 8 heteroatoms. The average molecular weight is 387 g/mol. The van der Waals surface area contributed by atoms with E-state index in [0.29, 0.717) is 19.6 Å². The average Bonchev–Trinajstić information content (AvgIpc) is 3.14. The fraction of sp³-hybridized carbons (Fsp3) is 0.889. The van der Waals surface area contributed by atoms with Crippen LogP contribution in [0.2, 0.25) is 0 Å². The molecule has 0 spiro atoms. The maximum atomic E-state index is 13.1. The molecule has 150 valence electrons. The highest BCUT2D eigenvalue weighted by molar-refractivity contribution is 7.88. The van der Waals surface area contributed by atoms with E-state index in [9.17, 15) is 13.2 Å². The van der Waals surface area contributed by atoms with Gasteiger partial charge in [0.1, 0.15) is 5.54 Å². The molecular weight excluding hydrogens is 352 g/mol. The van der Waals surface area contributed by atoms with Gasteiger partial charge in [0.2, 0.25) is 10.0 Å². The molecule has 7 nitrogen and oxygen atoms in total. The lowest BCUT2D eigenvalue weighted by molar-refractivity contribution is -0.131. The van der Waals surface area contributed by atoms with Crippen LogP contribution in [0.15, 0.2) is 0 Å². The Morgan fingerprint density at radius 1 is 1.23 bits per heavy atom. The highest BCUT2D eigenvalue weighted by Gasteiger charge is 2.48. The van der Waals surface area contributed by atoms with E-state index in [2.05, 4.69) is 19.2 Å². The Labute approximate surface area is 158 Å². The molecule has 0 aromatic carbocycles. The molecule has 2 rings (SSSR count). The normalized spacial score (nSPS) is 23.7. The van der Waals surface area contributed by atoms with Crippen LogP contribution in [0, 0.1) is 11.3 Å². The third kappa shape index (κ3) is 4.76. The first-order chi connectivity index (χ1) is 12.2. The van der Waals surface area contributed by atoms with Crippen molar-refractivity contribution in [3.05, 3.63) is 0 Å². The summed E-state index contributed by atoms with van der Waals surface area (Å²) in [6, 6.07) is 0. The number of sulfonamides is 1. The number of guanidine groups is 1. The number of unbranched alkanes of at least 4 members (excludes halogenated alkanes) is 2. The third-order valence-electron chi connectivity index (χ3n) is 5.67. The van der Waals surface area contributed by atoms with E-state index < -0.39 is 15.6 Å². The van der Waals surface area contributed by atoms with Gasteiger partial charge in [-0.3, -0.25) is 15.1 Å². The van der Waals surface area contributed by atoms with Crippen molar-refractivity contribution in [1.82, 2.24) is 14.5 Å². The van der Waals surface area contributed by atoms with E-state index in [1.165, 1.54) is 10.6 Å². The van der Waals surface area contributed by atoms with Crippen molar-refractivity contribution in [2.75, 3.05) is 25.9 Å². The highest BCUT2D eigenvalue weighted by Crippen LogP contribution is 2.30. The van der Waals surface area contributed by atoms with Crippen LogP contribution >= 0.6 is 0 Å². The van der Waals surface area contributed by atoms with Crippen molar-refractivity contribution in [3.63, 3.8) is 0 Å². The molecule has 2 aliphatic heterocycles. The van der Waals surface area contributed by atoms with Crippen LogP contribution in [-0.2, 0) is 14.8 Å². The van der Waals surface area contributed by atoms with Crippen molar-refractivity contribution in [3.8, 4) is 0 Å². The number of amides is 1. The molecule has 2 heterocycles. The first kappa shape index (κ1) is 21.2. The summed E-state index contributed by atoms with van der Waals surface area (Å²) >= 11 is 0. The lowest BCUT2D eigenvalue weighted by Gasteiger charge is -2.27. The van der Waals surface area contributed by atoms with Crippen LogP contribution in [0.4, 0.5) is 0 Å². The first-order valence-electron chi connectivity index (χ1n) is 9.87. The molecule has 1 amide bonds. The Balaban J connectivity index is 1.97. The number of hydrogen-bond donors (Lipinski definition) is 2. The molecular formula is C18H34N4O3S. The smallest absolute Gasteiger partial charge is 0.255 e. The molecule has 0 saturated carbocycles. The monoisotopic (exact) mass is 386 g/mol. The van der Waals surface area contributed by atoms with Crippen molar-refractivity contribution in [2.24, 2.45) is 5.92 Å². The molecule has 2 N–H and O–H groups in total. The van der Waals surface area contributed by atoms with Gasteiger partial charge in [0.05, 0.1) is 6.26 Å². The lowest BCUT2D eigenvalue weighted by Crippen LogP contribution is -2.47. The summed E-state index contributed by atoms with van der Waals surface area (Å²) in [6.07, 6.45) is 8.34. The first-order valence-corrected chi connectivity index (χ1v) is 11.7. The van der Waals surface area contributed by atoms with Gasteiger partial charge in [-0.05, 0) is 31.6 Å². The van der Waals surface area contributed by atoms with Gasteiger partial charge in [-0.2, -0.15) is 0 Å². The second-order valence-corrected chi connectivity index (χ2v) is 9.77. The number of rotatable bonds is 10. The maximum absolute atomic E-state index is 13.1. The molecule has 0 bridgehead atoms. The largest absolute Gasteiger partial charge is 0.342 e. The summed E-state index contributed by atoms with van der Waals surface area (Å²) < 4.78 is 24.8. The van der Waals surface area contributed by atoms with Gasteiger partial charge >= 0.3 is 0 Å². The van der Waals surface area contributed by atoms with E-state index in [1.54, 1.807) is 4.90 Å². The van der Waals surface area contributed by atoms with Gasteiger partial charge in [-0.15, -0.1) is 0 Å². The number of nitrogens with zero attached hydrogens (tertiary/aromatic N) is 2. The number of carbonyl (C=O) groups is 1. The molecule has 2 aliphatic rings. The predicted molar refractivity (Wildman–Crippen MR) is 103 cm³/mol. The molecule has 0 aromatic rings. The molecule has 26 heavy (non-hydrogen) atoms. The summed E-state index contributed by atoms with van der Waals surface area (Å²) in [7, 11) is -3.14. The van der Waals surface area contributed by atoms with Crippen LogP contribution in [0.5, 0.6) is 0 Å². The van der Waals surface area contributed by atoms with E-state index in [1.807, 2.05) is 0 Å². The molecule has 2 saturated heterocycles. The van der Waals surface area contributed by atoms with Crippen LogP contribution in [0.25, 0.3) is 0 Å². The van der Waals surface area contributed by atoms with Gasteiger partial charge in [0.15, 0.2) is 5.96 Å². The van der Waals surface area contributed by atoms with Crippen LogP contribution in [0.1, 0.15) is 65.2 Å². The van der Waals surface area contributed by atoms with Gasteiger partial charge in [0.25, 0.3) is 5.91 Å². The summed E-state index contributed by atoms with van der Waals surface area (Å²) in [4.78, 5) is 14.7. The van der Waals surface area contributed by atoms with E-state index in [0.717, 1.165) is 51.4 Å². The molecule has 0 aliphatic carbocycles. The van der Waals surface area contributed by atoms with E-state index >= 15 is 0 Å².